The lowest BCUT2D eigenvalue weighted by Crippen LogP contribution is -2.63. The molecule has 216 valence electrons. The first-order chi connectivity index (χ1) is 19.0. The maximum absolute atomic E-state index is 14.0. The van der Waals surface area contributed by atoms with Crippen LogP contribution in [0.1, 0.15) is 31.7 Å². The van der Waals surface area contributed by atoms with Crippen molar-refractivity contribution in [2.24, 2.45) is 5.92 Å². The Bertz CT molecular complexity index is 1340. The highest BCUT2D eigenvalue weighted by atomic mass is 32.1. The number of H-pyrrole nitrogens is 1. The average Bonchev–Trinajstić information content (AvgIpc) is 3.72. The van der Waals surface area contributed by atoms with Crippen molar-refractivity contribution in [3.8, 4) is 0 Å². The predicted molar refractivity (Wildman–Crippen MR) is 143 cm³/mol. The number of nitrogens with zero attached hydrogens (tertiary/aromatic N) is 5. The van der Waals surface area contributed by atoms with Crippen LogP contribution in [0, 0.1) is 11.7 Å². The summed E-state index contributed by atoms with van der Waals surface area (Å²) in [5.74, 6) is 0.624. The van der Waals surface area contributed by atoms with E-state index in [1.54, 1.807) is 16.9 Å². The van der Waals surface area contributed by atoms with Gasteiger partial charge in [-0.05, 0) is 25.7 Å². The second-order valence-electron chi connectivity index (χ2n) is 10.3. The number of nitrogens with one attached hydrogen (secondary N) is 2. The van der Waals surface area contributed by atoms with Crippen LogP contribution in [0.25, 0.3) is 0 Å². The van der Waals surface area contributed by atoms with Crippen molar-refractivity contribution in [3.63, 3.8) is 0 Å². The molecule has 4 heterocycles. The molecule has 10 nitrogen and oxygen atoms in total. The van der Waals surface area contributed by atoms with Crippen LogP contribution >= 0.6 is 12.2 Å². The summed E-state index contributed by atoms with van der Waals surface area (Å²) in [7, 11) is 0. The smallest absolute Gasteiger partial charge is 0.379 e. The number of halogens is 4. The van der Waals surface area contributed by atoms with Gasteiger partial charge in [0.25, 0.3) is 5.56 Å². The van der Waals surface area contributed by atoms with Crippen molar-refractivity contribution in [2.45, 2.75) is 44.4 Å². The minimum Gasteiger partial charge on any atom is -0.379 e. The molecule has 1 amide bonds. The van der Waals surface area contributed by atoms with Gasteiger partial charge in [0.2, 0.25) is 5.91 Å². The molecule has 0 spiro atoms. The van der Waals surface area contributed by atoms with E-state index >= 15 is 0 Å². The molecule has 2 N–H and O–H groups in total. The summed E-state index contributed by atoms with van der Waals surface area (Å²) in [6.45, 7) is 3.67. The Hall–Kier alpha value is -3.33. The number of piperazine rings is 1. The molecule has 1 unspecified atom stereocenters. The number of aromatic nitrogens is 3. The molecule has 2 aromatic heterocycles. The number of amides is 1. The number of fused-ring (bicyclic) bond motifs is 3. The van der Waals surface area contributed by atoms with Crippen molar-refractivity contribution < 1.29 is 27.1 Å². The summed E-state index contributed by atoms with van der Waals surface area (Å²) in [4.78, 5) is 35.3. The van der Waals surface area contributed by atoms with Gasteiger partial charge in [-0.3, -0.25) is 9.59 Å². The number of hydrogen-bond acceptors (Lipinski definition) is 8. The minimum absolute atomic E-state index is 0.00695. The molecule has 0 aromatic carbocycles. The quantitative estimate of drug-likeness (QED) is 0.262. The molecule has 1 aliphatic carbocycles. The SMILES string of the molecule is C[C@@H](COCCC(=O)N1CCN2c3ncc(F)cc3N(CC3CC3)C(=S)C2C1)Nc1cn[nH]c(=O)c1C(F)(F)F. The first-order valence-electron chi connectivity index (χ1n) is 13.0. The molecule has 1 saturated carbocycles. The third kappa shape index (κ3) is 6.04. The lowest BCUT2D eigenvalue weighted by Gasteiger charge is -2.49. The summed E-state index contributed by atoms with van der Waals surface area (Å²) in [6.07, 6.45) is -0.461. The zero-order valence-corrected chi connectivity index (χ0v) is 22.5. The zero-order valence-electron chi connectivity index (χ0n) is 21.7. The number of thiocarbonyl (C=S) groups is 1. The highest BCUT2D eigenvalue weighted by Gasteiger charge is 2.42. The number of ether oxygens (including phenoxy) is 1. The van der Waals surface area contributed by atoms with Gasteiger partial charge in [-0.15, -0.1) is 0 Å². The lowest BCUT2D eigenvalue weighted by atomic mass is 10.1. The first-order valence-corrected chi connectivity index (χ1v) is 13.4. The van der Waals surface area contributed by atoms with E-state index in [2.05, 4.69) is 15.4 Å². The topological polar surface area (TPSA) is 107 Å². The number of anilines is 3. The van der Waals surface area contributed by atoms with Crippen molar-refractivity contribution in [2.75, 3.05) is 54.5 Å². The Balaban J connectivity index is 1.14. The largest absolute Gasteiger partial charge is 0.423 e. The summed E-state index contributed by atoms with van der Waals surface area (Å²) in [6, 6.07) is 0.624. The van der Waals surface area contributed by atoms with Crippen molar-refractivity contribution in [1.29, 1.82) is 0 Å². The summed E-state index contributed by atoms with van der Waals surface area (Å²) >= 11 is 5.83. The molecule has 0 radical (unpaired) electrons. The average molecular weight is 584 g/mol. The highest BCUT2D eigenvalue weighted by Crippen LogP contribution is 2.40. The van der Waals surface area contributed by atoms with E-state index in [9.17, 15) is 27.2 Å². The van der Waals surface area contributed by atoms with Crippen LogP contribution in [0.4, 0.5) is 34.8 Å². The monoisotopic (exact) mass is 583 g/mol. The molecule has 1 saturated heterocycles. The first kappa shape index (κ1) is 28.2. The summed E-state index contributed by atoms with van der Waals surface area (Å²) < 4.78 is 59.3. The third-order valence-corrected chi connectivity index (χ3v) is 7.66. The van der Waals surface area contributed by atoms with Gasteiger partial charge in [-0.1, -0.05) is 12.2 Å². The number of hydrogen-bond donors (Lipinski definition) is 2. The second-order valence-corrected chi connectivity index (χ2v) is 10.7. The van der Waals surface area contributed by atoms with Crippen LogP contribution in [0.3, 0.4) is 0 Å². The van der Waals surface area contributed by atoms with E-state index in [-0.39, 0.29) is 31.6 Å². The van der Waals surface area contributed by atoms with Crippen molar-refractivity contribution in [3.05, 3.63) is 40.2 Å². The van der Waals surface area contributed by atoms with E-state index in [0.29, 0.717) is 48.6 Å². The number of carbonyl (C=O) groups excluding carboxylic acids is 1. The Kier molecular flexibility index (Phi) is 7.95. The van der Waals surface area contributed by atoms with Gasteiger partial charge in [0, 0.05) is 38.3 Å². The van der Waals surface area contributed by atoms with E-state index in [0.717, 1.165) is 19.0 Å². The number of alkyl halides is 3. The fourth-order valence-corrected chi connectivity index (χ4v) is 5.41. The zero-order chi connectivity index (χ0) is 28.6. The Morgan fingerprint density at radius 1 is 1.30 bits per heavy atom. The van der Waals surface area contributed by atoms with Crippen LogP contribution in [-0.4, -0.2) is 82.5 Å². The second kappa shape index (κ2) is 11.3. The molecule has 3 aliphatic rings. The molecule has 2 fully saturated rings. The van der Waals surface area contributed by atoms with Gasteiger partial charge in [0.15, 0.2) is 5.82 Å². The fraction of sp³-hybridized carbons (Fsp3) is 0.560. The molecule has 5 rings (SSSR count). The molecule has 2 aliphatic heterocycles. The van der Waals surface area contributed by atoms with Gasteiger partial charge in [-0.25, -0.2) is 14.5 Å². The lowest BCUT2D eigenvalue weighted by molar-refractivity contribution is -0.138. The van der Waals surface area contributed by atoms with Gasteiger partial charge in [0.05, 0.1) is 49.4 Å². The minimum atomic E-state index is -4.85. The Morgan fingerprint density at radius 2 is 2.08 bits per heavy atom. The van der Waals surface area contributed by atoms with Crippen LogP contribution in [0.2, 0.25) is 0 Å². The summed E-state index contributed by atoms with van der Waals surface area (Å²) in [5, 5.41) is 7.82. The maximum atomic E-state index is 14.0. The fourth-order valence-electron chi connectivity index (χ4n) is 5.04. The van der Waals surface area contributed by atoms with Crippen molar-refractivity contribution in [1.82, 2.24) is 20.1 Å². The van der Waals surface area contributed by atoms with Gasteiger partial charge < -0.3 is 24.8 Å². The van der Waals surface area contributed by atoms with E-state index in [1.807, 2.05) is 9.80 Å². The van der Waals surface area contributed by atoms with Crippen molar-refractivity contribution >= 4 is 40.3 Å². The standard InChI is InChI=1S/C25H29F4N7O3S/c1-14(32-17-10-31-33-23(38)21(17)25(27,28)29)13-39-7-4-20(37)34-5-6-35-19(12-34)24(40)36(11-15-2-3-15)18-8-16(26)9-30-22(18)35/h8-10,14-15,19H,2-7,11-13H2,1H3,(H2,32,33,38)/t14-,19?/m0/s1. The molecule has 0 bridgehead atoms. The molecular weight excluding hydrogens is 554 g/mol. The van der Waals surface area contributed by atoms with E-state index in [4.69, 9.17) is 17.0 Å². The maximum Gasteiger partial charge on any atom is 0.423 e. The third-order valence-electron chi connectivity index (χ3n) is 7.17. The molecule has 2 atom stereocenters. The Labute approximate surface area is 232 Å². The number of rotatable bonds is 9. The molecular formula is C25H29F4N7O3S. The van der Waals surface area contributed by atoms with Crippen LogP contribution in [-0.2, 0) is 15.7 Å². The summed E-state index contributed by atoms with van der Waals surface area (Å²) in [5.41, 5.74) is -2.47. The van der Waals surface area contributed by atoms with Crippen LogP contribution < -0.4 is 20.7 Å². The molecule has 15 heteroatoms. The highest BCUT2D eigenvalue weighted by molar-refractivity contribution is 7.80. The van der Waals surface area contributed by atoms with Crippen LogP contribution in [0.5, 0.6) is 0 Å². The molecule has 40 heavy (non-hydrogen) atoms. The number of carbonyl (C=O) groups is 1. The van der Waals surface area contributed by atoms with Gasteiger partial charge in [0.1, 0.15) is 16.4 Å². The number of aromatic amines is 1. The van der Waals surface area contributed by atoms with E-state index in [1.165, 1.54) is 12.3 Å². The van der Waals surface area contributed by atoms with E-state index < -0.39 is 34.8 Å². The Morgan fingerprint density at radius 3 is 2.80 bits per heavy atom. The van der Waals surface area contributed by atoms with Gasteiger partial charge in [-0.2, -0.15) is 18.3 Å². The van der Waals surface area contributed by atoms with Crippen LogP contribution in [0.15, 0.2) is 23.3 Å². The molecule has 2 aromatic rings. The predicted octanol–water partition coefficient (Wildman–Crippen LogP) is 2.80. The normalized spacial score (nSPS) is 19.8. The number of pyridine rings is 1. The van der Waals surface area contributed by atoms with Gasteiger partial charge >= 0.3 is 6.18 Å².